The van der Waals surface area contributed by atoms with Gasteiger partial charge in [0.2, 0.25) is 5.91 Å². The van der Waals surface area contributed by atoms with Crippen LogP contribution in [0.15, 0.2) is 48.5 Å². The number of benzene rings is 2. The van der Waals surface area contributed by atoms with Gasteiger partial charge >= 0.3 is 0 Å². The number of nitrogens with zero attached hydrogens (tertiary/aromatic N) is 3. The maximum Gasteiger partial charge on any atom is 0.252 e. The van der Waals surface area contributed by atoms with E-state index in [2.05, 4.69) is 16.0 Å². The van der Waals surface area contributed by atoms with Crippen molar-refractivity contribution in [2.24, 2.45) is 5.73 Å². The summed E-state index contributed by atoms with van der Waals surface area (Å²) in [5.41, 5.74) is 8.70. The van der Waals surface area contributed by atoms with Gasteiger partial charge in [0.25, 0.3) is 5.91 Å². The summed E-state index contributed by atoms with van der Waals surface area (Å²) in [6, 6.07) is 14.5. The maximum atomic E-state index is 13.1. The molecular formula is C27H34ClN5O3. The minimum Gasteiger partial charge on any atom is -0.385 e. The monoisotopic (exact) mass is 511 g/mol. The summed E-state index contributed by atoms with van der Waals surface area (Å²) in [6.07, 6.45) is 2.96. The summed E-state index contributed by atoms with van der Waals surface area (Å²) in [5.74, 6) is 0.894. The van der Waals surface area contributed by atoms with Gasteiger partial charge < -0.3 is 25.3 Å². The Balaban J connectivity index is 1.37. The molecule has 0 radical (unpaired) electrons. The molecule has 1 aromatic heterocycles. The van der Waals surface area contributed by atoms with Gasteiger partial charge in [-0.3, -0.25) is 9.59 Å². The van der Waals surface area contributed by atoms with Crippen LogP contribution < -0.4 is 11.1 Å². The lowest BCUT2D eigenvalue weighted by Crippen LogP contribution is -2.45. The Morgan fingerprint density at radius 1 is 1.22 bits per heavy atom. The summed E-state index contributed by atoms with van der Waals surface area (Å²) in [4.78, 5) is 32.3. The molecule has 1 aliphatic heterocycles. The van der Waals surface area contributed by atoms with Crippen LogP contribution in [0.3, 0.4) is 0 Å². The zero-order valence-corrected chi connectivity index (χ0v) is 21.4. The Morgan fingerprint density at radius 3 is 2.81 bits per heavy atom. The zero-order valence-electron chi connectivity index (χ0n) is 20.7. The van der Waals surface area contributed by atoms with Crippen molar-refractivity contribution >= 4 is 34.4 Å². The van der Waals surface area contributed by atoms with Crippen LogP contribution in [0.25, 0.3) is 11.0 Å². The molecule has 0 saturated carbocycles. The Labute approximate surface area is 216 Å². The van der Waals surface area contributed by atoms with E-state index in [4.69, 9.17) is 27.1 Å². The quantitative estimate of drug-likeness (QED) is 0.405. The summed E-state index contributed by atoms with van der Waals surface area (Å²) in [7, 11) is 1.71. The fourth-order valence-corrected chi connectivity index (χ4v) is 5.03. The van der Waals surface area contributed by atoms with E-state index in [-0.39, 0.29) is 30.7 Å². The summed E-state index contributed by atoms with van der Waals surface area (Å²) in [6.45, 7) is 3.03. The lowest BCUT2D eigenvalue weighted by Gasteiger charge is -2.33. The van der Waals surface area contributed by atoms with E-state index < -0.39 is 6.04 Å². The molecule has 3 N–H and O–H groups in total. The highest BCUT2D eigenvalue weighted by molar-refractivity contribution is 6.33. The van der Waals surface area contributed by atoms with Crippen molar-refractivity contribution in [3.8, 4) is 0 Å². The van der Waals surface area contributed by atoms with Gasteiger partial charge in [-0.2, -0.15) is 0 Å². The van der Waals surface area contributed by atoms with Crippen LogP contribution in [0, 0.1) is 0 Å². The molecule has 0 unspecified atom stereocenters. The second-order valence-electron chi connectivity index (χ2n) is 9.29. The highest BCUT2D eigenvalue weighted by atomic mass is 35.5. The molecule has 2 atom stereocenters. The molecule has 2 aromatic carbocycles. The standard InChI is InChI=1S/C27H34ClN5O3/c1-36-15-7-14-33-24-12-5-4-11-23(24)31-26(33)19-8-6-13-32(18-19)25(34)16-20(29)17-30-27(35)21-9-2-3-10-22(21)28/h2-5,9-12,19-20H,6-8,13-18,29H2,1H3,(H,30,35)/t19-,20-/m1/s1. The smallest absolute Gasteiger partial charge is 0.252 e. The summed E-state index contributed by atoms with van der Waals surface area (Å²) >= 11 is 6.09. The first-order valence-electron chi connectivity index (χ1n) is 12.5. The first kappa shape index (κ1) is 26.1. The van der Waals surface area contributed by atoms with E-state index in [1.807, 2.05) is 23.1 Å². The van der Waals surface area contributed by atoms with Crippen molar-refractivity contribution in [2.75, 3.05) is 33.4 Å². The summed E-state index contributed by atoms with van der Waals surface area (Å²) < 4.78 is 7.54. The number of nitrogens with one attached hydrogen (secondary N) is 1. The number of aromatic nitrogens is 2. The molecule has 8 nitrogen and oxygen atoms in total. The van der Waals surface area contributed by atoms with E-state index in [0.29, 0.717) is 30.3 Å². The lowest BCUT2D eigenvalue weighted by molar-refractivity contribution is -0.132. The topological polar surface area (TPSA) is 102 Å². The number of ether oxygens (including phenoxy) is 1. The molecule has 0 bridgehead atoms. The predicted molar refractivity (Wildman–Crippen MR) is 141 cm³/mol. The highest BCUT2D eigenvalue weighted by Crippen LogP contribution is 2.30. The number of carbonyl (C=O) groups is 2. The van der Waals surface area contributed by atoms with Gasteiger partial charge in [0.05, 0.1) is 21.6 Å². The maximum absolute atomic E-state index is 13.1. The molecule has 0 aliphatic carbocycles. The van der Waals surface area contributed by atoms with Crippen LogP contribution in [0.2, 0.25) is 5.02 Å². The van der Waals surface area contributed by atoms with Crippen LogP contribution >= 0.6 is 11.6 Å². The van der Waals surface area contributed by atoms with Crippen molar-refractivity contribution < 1.29 is 14.3 Å². The molecule has 2 amide bonds. The number of likely N-dealkylation sites (tertiary alicyclic amines) is 1. The van der Waals surface area contributed by atoms with Gasteiger partial charge in [-0.25, -0.2) is 4.98 Å². The minimum absolute atomic E-state index is 0.00114. The van der Waals surface area contributed by atoms with Crippen molar-refractivity contribution in [3.63, 3.8) is 0 Å². The molecule has 1 saturated heterocycles. The number of rotatable bonds is 10. The van der Waals surface area contributed by atoms with Crippen LogP contribution in [0.4, 0.5) is 0 Å². The third-order valence-electron chi connectivity index (χ3n) is 6.63. The van der Waals surface area contributed by atoms with Crippen LogP contribution in [0.5, 0.6) is 0 Å². The third kappa shape index (κ3) is 6.24. The van der Waals surface area contributed by atoms with E-state index in [1.54, 1.807) is 31.4 Å². The van der Waals surface area contributed by atoms with E-state index in [1.165, 1.54) is 0 Å². The molecule has 192 valence electrons. The summed E-state index contributed by atoms with van der Waals surface area (Å²) in [5, 5.41) is 3.17. The highest BCUT2D eigenvalue weighted by Gasteiger charge is 2.29. The Morgan fingerprint density at radius 2 is 2.00 bits per heavy atom. The largest absolute Gasteiger partial charge is 0.385 e. The number of hydrogen-bond acceptors (Lipinski definition) is 5. The van der Waals surface area contributed by atoms with Gasteiger partial charge in [0, 0.05) is 58.3 Å². The van der Waals surface area contributed by atoms with Gasteiger partial charge in [-0.1, -0.05) is 35.9 Å². The van der Waals surface area contributed by atoms with Crippen LogP contribution in [-0.4, -0.2) is 65.7 Å². The third-order valence-corrected chi connectivity index (χ3v) is 6.96. The number of methoxy groups -OCH3 is 1. The second kappa shape index (κ2) is 12.3. The molecule has 9 heteroatoms. The molecule has 4 rings (SSSR count). The molecule has 3 aromatic rings. The number of imidazole rings is 1. The number of nitrogens with two attached hydrogens (primary N) is 1. The normalized spacial score (nSPS) is 16.8. The van der Waals surface area contributed by atoms with Crippen LogP contribution in [0.1, 0.15) is 47.8 Å². The van der Waals surface area contributed by atoms with E-state index in [9.17, 15) is 9.59 Å². The molecule has 36 heavy (non-hydrogen) atoms. The predicted octanol–water partition coefficient (Wildman–Crippen LogP) is 3.58. The zero-order chi connectivity index (χ0) is 25.5. The number of amides is 2. The average Bonchev–Trinajstić information content (AvgIpc) is 3.26. The Hall–Kier alpha value is -2.94. The number of halogens is 1. The number of fused-ring (bicyclic) bond motifs is 1. The molecule has 2 heterocycles. The minimum atomic E-state index is -0.483. The van der Waals surface area contributed by atoms with Crippen molar-refractivity contribution in [2.45, 2.75) is 44.2 Å². The molecular weight excluding hydrogens is 478 g/mol. The van der Waals surface area contributed by atoms with Gasteiger partial charge in [-0.05, 0) is 43.5 Å². The fraction of sp³-hybridized carbons (Fsp3) is 0.444. The number of para-hydroxylation sites is 2. The first-order valence-corrected chi connectivity index (χ1v) is 12.9. The lowest BCUT2D eigenvalue weighted by atomic mass is 9.96. The van der Waals surface area contributed by atoms with Gasteiger partial charge in [0.1, 0.15) is 5.82 Å². The molecule has 0 spiro atoms. The first-order chi connectivity index (χ1) is 17.5. The van der Waals surface area contributed by atoms with E-state index in [0.717, 1.165) is 42.7 Å². The SMILES string of the molecule is COCCCn1c([C@@H]2CCCN(C(=O)C[C@@H](N)CNC(=O)c3ccccc3Cl)C2)nc2ccccc21. The number of hydrogen-bond donors (Lipinski definition) is 2. The second-order valence-corrected chi connectivity index (χ2v) is 9.70. The van der Waals surface area contributed by atoms with Gasteiger partial charge in [0.15, 0.2) is 0 Å². The van der Waals surface area contributed by atoms with Crippen molar-refractivity contribution in [1.82, 2.24) is 19.8 Å². The number of piperidine rings is 1. The number of carbonyl (C=O) groups excluding carboxylic acids is 2. The van der Waals surface area contributed by atoms with E-state index >= 15 is 0 Å². The Bertz CT molecular complexity index is 1200. The van der Waals surface area contributed by atoms with Crippen molar-refractivity contribution in [3.05, 3.63) is 64.9 Å². The van der Waals surface area contributed by atoms with Gasteiger partial charge in [-0.15, -0.1) is 0 Å². The molecule has 1 fully saturated rings. The fourth-order valence-electron chi connectivity index (χ4n) is 4.81. The van der Waals surface area contributed by atoms with Crippen molar-refractivity contribution in [1.29, 1.82) is 0 Å². The Kier molecular flexibility index (Phi) is 8.96. The molecule has 1 aliphatic rings. The average molecular weight is 512 g/mol. The number of aryl methyl sites for hydroxylation is 1. The van der Waals surface area contributed by atoms with Crippen LogP contribution in [-0.2, 0) is 16.1 Å².